The van der Waals surface area contributed by atoms with E-state index in [1.54, 1.807) is 24.5 Å². The minimum Gasteiger partial charge on any atom is -0.434 e. The number of imide groups is 1. The number of ether oxygens (including phenoxy) is 1. The summed E-state index contributed by atoms with van der Waals surface area (Å²) in [7, 11) is 0. The number of hydrogen-bond donors (Lipinski definition) is 1. The van der Waals surface area contributed by atoms with Gasteiger partial charge in [0.2, 0.25) is 35.9 Å². The molecule has 8 heterocycles. The number of pyridine rings is 2. The summed E-state index contributed by atoms with van der Waals surface area (Å²) in [5, 5.41) is 2.19. The number of likely N-dealkylation sites (tertiary alicyclic amines) is 3. The summed E-state index contributed by atoms with van der Waals surface area (Å²) in [6, 6.07) is 19.2. The van der Waals surface area contributed by atoms with Crippen molar-refractivity contribution in [2.45, 2.75) is 140 Å². The third-order valence-electron chi connectivity index (χ3n) is 18.1. The van der Waals surface area contributed by atoms with Gasteiger partial charge >= 0.3 is 0 Å². The molecule has 5 aliphatic heterocycles. The second-order valence-corrected chi connectivity index (χ2v) is 23.0. The van der Waals surface area contributed by atoms with E-state index in [2.05, 4.69) is 59.0 Å². The molecule has 1 aliphatic carbocycles. The van der Waals surface area contributed by atoms with Gasteiger partial charge in [0.1, 0.15) is 11.3 Å². The fourth-order valence-corrected chi connectivity index (χ4v) is 13.2. The normalized spacial score (nSPS) is 21.6. The lowest BCUT2D eigenvalue weighted by atomic mass is 9.73. The molecule has 5 amide bonds. The number of nitrogens with one attached hydrogen (secondary N) is 1. The minimum atomic E-state index is -0.750. The number of piperidine rings is 4. The summed E-state index contributed by atoms with van der Waals surface area (Å²) in [5.41, 5.74) is 5.01. The number of imidazole rings is 1. The summed E-state index contributed by atoms with van der Waals surface area (Å²) in [5.74, 6) is 1.18. The van der Waals surface area contributed by atoms with Crippen LogP contribution in [-0.4, -0.2) is 129 Å². The molecule has 1 saturated carbocycles. The van der Waals surface area contributed by atoms with Crippen molar-refractivity contribution in [1.82, 2.24) is 39.5 Å². The Hall–Kier alpha value is -6.75. The Labute approximate surface area is 450 Å². The van der Waals surface area contributed by atoms with Crippen LogP contribution in [0.15, 0.2) is 73.2 Å². The summed E-state index contributed by atoms with van der Waals surface area (Å²) in [6.07, 6.45) is 15.2. The predicted octanol–water partition coefficient (Wildman–Crippen LogP) is 8.93. The van der Waals surface area contributed by atoms with Gasteiger partial charge in [-0.1, -0.05) is 43.7 Å². The van der Waals surface area contributed by atoms with E-state index < -0.39 is 11.2 Å². The first-order valence-electron chi connectivity index (χ1n) is 28.4. The zero-order valence-corrected chi connectivity index (χ0v) is 44.9. The van der Waals surface area contributed by atoms with Crippen LogP contribution >= 0.6 is 0 Å². The Kier molecular flexibility index (Phi) is 15.2. The van der Waals surface area contributed by atoms with E-state index in [0.717, 1.165) is 80.1 Å². The maximum atomic E-state index is 15.3. The highest BCUT2D eigenvalue weighted by Gasteiger charge is 2.56. The maximum absolute atomic E-state index is 15.3. The molecule has 406 valence electrons. The van der Waals surface area contributed by atoms with E-state index in [1.807, 2.05) is 38.8 Å². The number of carbonyl (C=O) groups is 5. The molecule has 77 heavy (non-hydrogen) atoms. The molecule has 3 aromatic heterocycles. The number of hydrogen-bond acceptors (Lipinski definition) is 11. The zero-order valence-electron chi connectivity index (χ0n) is 44.9. The van der Waals surface area contributed by atoms with Crippen molar-refractivity contribution in [3.05, 3.63) is 90.1 Å². The largest absolute Gasteiger partial charge is 0.434 e. The van der Waals surface area contributed by atoms with Crippen molar-refractivity contribution in [3.8, 4) is 22.9 Å². The smallest absolute Gasteiger partial charge is 0.246 e. The molecule has 17 heteroatoms. The Morgan fingerprint density at radius 1 is 0.844 bits per heavy atom. The van der Waals surface area contributed by atoms with Crippen LogP contribution in [0.3, 0.4) is 0 Å². The Morgan fingerprint density at radius 3 is 2.30 bits per heavy atom. The molecule has 0 radical (unpaired) electrons. The number of benzene rings is 2. The number of carbonyl (C=O) groups excluding carboxylic acids is 5. The fourth-order valence-electron chi connectivity index (χ4n) is 13.2. The van der Waals surface area contributed by atoms with Crippen LogP contribution in [0, 0.1) is 17.7 Å². The molecule has 11 rings (SSSR count). The highest BCUT2D eigenvalue weighted by molar-refractivity contribution is 6.09. The third-order valence-corrected chi connectivity index (χ3v) is 18.1. The molecule has 1 spiro atoms. The summed E-state index contributed by atoms with van der Waals surface area (Å²) in [4.78, 5) is 91.0. The van der Waals surface area contributed by atoms with E-state index in [-0.39, 0.29) is 65.6 Å². The number of nitrogens with zero attached hydrogens (tertiary/aromatic N) is 9. The van der Waals surface area contributed by atoms with E-state index in [4.69, 9.17) is 19.7 Å². The van der Waals surface area contributed by atoms with Gasteiger partial charge < -0.3 is 33.8 Å². The predicted molar refractivity (Wildman–Crippen MR) is 292 cm³/mol. The van der Waals surface area contributed by atoms with Gasteiger partial charge in [-0.2, -0.15) is 0 Å². The quantitative estimate of drug-likeness (QED) is 0.0995. The van der Waals surface area contributed by atoms with Gasteiger partial charge in [-0.25, -0.2) is 19.3 Å². The number of amides is 5. The van der Waals surface area contributed by atoms with E-state index in [9.17, 15) is 19.2 Å². The highest BCUT2D eigenvalue weighted by atomic mass is 19.1. The molecule has 16 nitrogen and oxygen atoms in total. The molecule has 1 unspecified atom stereocenters. The van der Waals surface area contributed by atoms with E-state index in [0.29, 0.717) is 99.8 Å². The van der Waals surface area contributed by atoms with Gasteiger partial charge in [0.05, 0.1) is 23.0 Å². The summed E-state index contributed by atoms with van der Waals surface area (Å²) < 4.78 is 23.3. The molecule has 1 N–H and O–H groups in total. The van der Waals surface area contributed by atoms with Crippen LogP contribution in [-0.2, 0) is 29.4 Å². The third kappa shape index (κ3) is 10.6. The number of rotatable bonds is 15. The second-order valence-electron chi connectivity index (χ2n) is 23.0. The number of aromatic nitrogens is 4. The van der Waals surface area contributed by atoms with Crippen molar-refractivity contribution < 1.29 is 33.1 Å². The Balaban J connectivity index is 0.727. The van der Waals surface area contributed by atoms with Crippen LogP contribution < -0.4 is 19.9 Å². The minimum absolute atomic E-state index is 0.0541. The van der Waals surface area contributed by atoms with Gasteiger partial charge in [-0.05, 0) is 151 Å². The molecular weight excluding hydrogens is 976 g/mol. The maximum Gasteiger partial charge on any atom is 0.246 e. The van der Waals surface area contributed by atoms with Gasteiger partial charge in [-0.15, -0.1) is 0 Å². The van der Waals surface area contributed by atoms with Crippen molar-refractivity contribution >= 4 is 52.6 Å². The number of fused-ring (bicyclic) bond motifs is 3. The molecule has 5 aromatic rings. The molecule has 4 saturated heterocycles. The standard InChI is InChI=1S/C60H73FN10O6/c1-39(2)70-37-63-50-35-49(65-57(56(50)70)77-52-10-6-5-9-48(52)61)43-12-14-47-51(32-43)71(46-33-45(34-46)66-23-7-4-8-24-66)59(76)60(47)21-29-69(30-22-60)58(75)42-19-27-68(28-20-42)55(74)31-41-17-25-67(26-18-41)53-15-13-44(36-62-53)40(3)11-16-54(73)64-38-72/h5-6,9-10,12-15,32,35-42,45-46H,4,7-8,11,16-31,33-34H2,1-3H3,(H,64,72,73). The van der Waals surface area contributed by atoms with Gasteiger partial charge in [0.15, 0.2) is 11.6 Å². The first kappa shape index (κ1) is 52.3. The lowest BCUT2D eigenvalue weighted by Crippen LogP contribution is -2.58. The average molecular weight is 1050 g/mol. The van der Waals surface area contributed by atoms with Crippen molar-refractivity contribution in [1.29, 1.82) is 0 Å². The highest BCUT2D eigenvalue weighted by Crippen LogP contribution is 2.52. The lowest BCUT2D eigenvalue weighted by Gasteiger charge is -2.48. The first-order chi connectivity index (χ1) is 37.4. The molecule has 2 aromatic carbocycles. The zero-order chi connectivity index (χ0) is 53.4. The van der Waals surface area contributed by atoms with Crippen LogP contribution in [0.5, 0.6) is 11.6 Å². The summed E-state index contributed by atoms with van der Waals surface area (Å²) in [6.45, 7) is 12.2. The topological polar surface area (TPSA) is 166 Å². The second kappa shape index (κ2) is 22.3. The number of para-hydroxylation sites is 1. The number of anilines is 2. The monoisotopic (exact) mass is 1050 g/mol. The fraction of sp³-hybridized carbons (Fsp3) is 0.533. The van der Waals surface area contributed by atoms with E-state index >= 15 is 9.18 Å². The van der Waals surface area contributed by atoms with Crippen molar-refractivity contribution in [3.63, 3.8) is 0 Å². The van der Waals surface area contributed by atoms with Crippen LogP contribution in [0.4, 0.5) is 15.9 Å². The van der Waals surface area contributed by atoms with E-state index in [1.165, 1.54) is 25.3 Å². The Morgan fingerprint density at radius 2 is 1.60 bits per heavy atom. The average Bonchev–Trinajstić information content (AvgIpc) is 4.17. The van der Waals surface area contributed by atoms with Gasteiger partial charge in [0, 0.05) is 93.6 Å². The van der Waals surface area contributed by atoms with Crippen LogP contribution in [0.2, 0.25) is 0 Å². The Bertz CT molecular complexity index is 2980. The van der Waals surface area contributed by atoms with Crippen LogP contribution in [0.25, 0.3) is 22.3 Å². The van der Waals surface area contributed by atoms with Crippen LogP contribution in [0.1, 0.15) is 134 Å². The lowest BCUT2D eigenvalue weighted by molar-refractivity contribution is -0.143. The van der Waals surface area contributed by atoms with Gasteiger partial charge in [0.25, 0.3) is 0 Å². The number of halogens is 1. The van der Waals surface area contributed by atoms with Gasteiger partial charge in [-0.3, -0.25) is 29.3 Å². The molecule has 6 aliphatic rings. The molecular formula is C60H73FN10O6. The molecule has 5 fully saturated rings. The molecule has 1 atom stereocenters. The van der Waals surface area contributed by atoms with Crippen molar-refractivity contribution in [2.24, 2.45) is 11.8 Å². The first-order valence-corrected chi connectivity index (χ1v) is 28.4. The SMILES string of the molecule is CC(CCC(=O)NC=O)c1ccc(N2CCC(CC(=O)N3CCC(C(=O)N4CCC5(CC4)C(=O)N(C4CC(N6CCCCC6)C4)c4cc(-c6cc7ncn(C(C)C)c7c(Oc7ccccc7F)n6)ccc45)CC3)CC2)nc1. The van der Waals surface area contributed by atoms with Crippen molar-refractivity contribution in [2.75, 3.05) is 62.2 Å². The molecule has 0 bridgehead atoms. The summed E-state index contributed by atoms with van der Waals surface area (Å²) >= 11 is 0.